The second-order valence-corrected chi connectivity index (χ2v) is 5.33. The van der Waals surface area contributed by atoms with E-state index in [1.165, 1.54) is 5.56 Å². The lowest BCUT2D eigenvalue weighted by molar-refractivity contribution is -0.00820. The Morgan fingerprint density at radius 1 is 1.39 bits per heavy atom. The van der Waals surface area contributed by atoms with Crippen LogP contribution < -0.4 is 10.1 Å². The molecule has 0 amide bonds. The molecule has 1 aromatic rings. The molecule has 3 nitrogen and oxygen atoms in total. The number of hydrogen-bond acceptors (Lipinski definition) is 3. The maximum atomic E-state index is 5.99. The van der Waals surface area contributed by atoms with E-state index in [1.807, 2.05) is 6.07 Å². The summed E-state index contributed by atoms with van der Waals surface area (Å²) in [7, 11) is 1.71. The zero-order valence-corrected chi connectivity index (χ0v) is 11.7. The first-order chi connectivity index (χ1) is 8.61. The fourth-order valence-electron chi connectivity index (χ4n) is 2.33. The monoisotopic (exact) mass is 249 g/mol. The van der Waals surface area contributed by atoms with Gasteiger partial charge in [-0.2, -0.15) is 0 Å². The maximum absolute atomic E-state index is 5.99. The molecule has 1 fully saturated rings. The maximum Gasteiger partial charge on any atom is 0.124 e. The van der Waals surface area contributed by atoms with E-state index in [4.69, 9.17) is 9.47 Å². The van der Waals surface area contributed by atoms with Gasteiger partial charge in [0.2, 0.25) is 0 Å². The van der Waals surface area contributed by atoms with Gasteiger partial charge in [0.15, 0.2) is 0 Å². The third kappa shape index (κ3) is 2.85. The summed E-state index contributed by atoms with van der Waals surface area (Å²) >= 11 is 0. The molecule has 2 atom stereocenters. The summed E-state index contributed by atoms with van der Waals surface area (Å²) in [6.45, 7) is 8.14. The number of morpholine rings is 1. The van der Waals surface area contributed by atoms with E-state index in [-0.39, 0.29) is 6.10 Å². The van der Waals surface area contributed by atoms with Crippen molar-refractivity contribution in [3.63, 3.8) is 0 Å². The van der Waals surface area contributed by atoms with Gasteiger partial charge in [-0.05, 0) is 25.0 Å². The van der Waals surface area contributed by atoms with Gasteiger partial charge in [0.25, 0.3) is 0 Å². The molecule has 1 aliphatic rings. The first-order valence-electron chi connectivity index (χ1n) is 6.61. The summed E-state index contributed by atoms with van der Waals surface area (Å²) < 4.78 is 11.4. The molecular formula is C15H23NO2. The molecule has 1 heterocycles. The summed E-state index contributed by atoms with van der Waals surface area (Å²) in [5.41, 5.74) is 2.38. The van der Waals surface area contributed by atoms with Crippen LogP contribution in [0.3, 0.4) is 0 Å². The summed E-state index contributed by atoms with van der Waals surface area (Å²) in [6, 6.07) is 6.69. The Morgan fingerprint density at radius 2 is 2.17 bits per heavy atom. The second-order valence-electron chi connectivity index (χ2n) is 5.33. The van der Waals surface area contributed by atoms with E-state index in [9.17, 15) is 0 Å². The van der Waals surface area contributed by atoms with Crippen LogP contribution in [0.15, 0.2) is 18.2 Å². The van der Waals surface area contributed by atoms with E-state index in [0.29, 0.717) is 12.0 Å². The quantitative estimate of drug-likeness (QED) is 0.893. The second kappa shape index (κ2) is 5.72. The van der Waals surface area contributed by atoms with Crippen LogP contribution >= 0.6 is 0 Å². The number of methoxy groups -OCH3 is 1. The van der Waals surface area contributed by atoms with Crippen molar-refractivity contribution in [2.45, 2.75) is 32.9 Å². The van der Waals surface area contributed by atoms with Gasteiger partial charge in [-0.1, -0.05) is 25.5 Å². The van der Waals surface area contributed by atoms with Gasteiger partial charge in [0.1, 0.15) is 5.75 Å². The molecular weight excluding hydrogens is 226 g/mol. The Kier molecular flexibility index (Phi) is 4.25. The Labute approximate surface area is 109 Å². The average molecular weight is 249 g/mol. The van der Waals surface area contributed by atoms with Crippen LogP contribution in [0, 0.1) is 12.8 Å². The smallest absolute Gasteiger partial charge is 0.124 e. The fourth-order valence-corrected chi connectivity index (χ4v) is 2.33. The Balaban J connectivity index is 2.11. The van der Waals surface area contributed by atoms with Crippen molar-refractivity contribution >= 4 is 0 Å². The number of nitrogens with one attached hydrogen (secondary N) is 1. The molecule has 2 rings (SSSR count). The molecule has 0 spiro atoms. The van der Waals surface area contributed by atoms with Crippen molar-refractivity contribution in [3.8, 4) is 5.75 Å². The van der Waals surface area contributed by atoms with Crippen LogP contribution in [0.2, 0.25) is 0 Å². The number of benzene rings is 1. The minimum atomic E-state index is 0.0925. The van der Waals surface area contributed by atoms with Gasteiger partial charge in [-0.25, -0.2) is 0 Å². The standard InChI is InChI=1S/C15H23NO2/c1-10(2)13-9-18-15(8-16-13)12-7-11(3)5-6-14(12)17-4/h5-7,10,13,15-16H,8-9H2,1-4H3. The molecule has 1 aromatic carbocycles. The topological polar surface area (TPSA) is 30.5 Å². The predicted octanol–water partition coefficient (Wildman–Crippen LogP) is 2.69. The third-order valence-corrected chi connectivity index (χ3v) is 3.58. The SMILES string of the molecule is COc1ccc(C)cc1C1CNC(C(C)C)CO1. The largest absolute Gasteiger partial charge is 0.496 e. The van der Waals surface area contributed by atoms with Crippen LogP contribution in [-0.2, 0) is 4.74 Å². The van der Waals surface area contributed by atoms with Crippen molar-refractivity contribution in [2.75, 3.05) is 20.3 Å². The van der Waals surface area contributed by atoms with Crippen molar-refractivity contribution in [2.24, 2.45) is 5.92 Å². The van der Waals surface area contributed by atoms with Gasteiger partial charge in [-0.15, -0.1) is 0 Å². The molecule has 3 heteroatoms. The predicted molar refractivity (Wildman–Crippen MR) is 73.1 cm³/mol. The van der Waals surface area contributed by atoms with Gasteiger partial charge in [-0.3, -0.25) is 0 Å². The van der Waals surface area contributed by atoms with E-state index in [2.05, 4.69) is 38.2 Å². The van der Waals surface area contributed by atoms with Gasteiger partial charge < -0.3 is 14.8 Å². The Hall–Kier alpha value is -1.06. The molecule has 0 aliphatic carbocycles. The first kappa shape index (κ1) is 13.4. The van der Waals surface area contributed by atoms with Crippen molar-refractivity contribution in [1.82, 2.24) is 5.32 Å². The molecule has 1 saturated heterocycles. The highest BCUT2D eigenvalue weighted by molar-refractivity contribution is 5.38. The number of hydrogen-bond donors (Lipinski definition) is 1. The van der Waals surface area contributed by atoms with Gasteiger partial charge in [0, 0.05) is 18.2 Å². The van der Waals surface area contributed by atoms with Crippen LogP contribution in [0.4, 0.5) is 0 Å². The zero-order valence-electron chi connectivity index (χ0n) is 11.7. The molecule has 0 saturated carbocycles. The number of aryl methyl sites for hydroxylation is 1. The average Bonchev–Trinajstić information content (AvgIpc) is 2.39. The van der Waals surface area contributed by atoms with E-state index >= 15 is 0 Å². The van der Waals surface area contributed by atoms with Crippen LogP contribution in [0.1, 0.15) is 31.1 Å². The van der Waals surface area contributed by atoms with Crippen LogP contribution in [0.5, 0.6) is 5.75 Å². The lowest BCUT2D eigenvalue weighted by Crippen LogP contribution is -2.45. The summed E-state index contributed by atoms with van der Waals surface area (Å²) in [5.74, 6) is 1.51. The fraction of sp³-hybridized carbons (Fsp3) is 0.600. The Morgan fingerprint density at radius 3 is 2.72 bits per heavy atom. The van der Waals surface area contributed by atoms with Crippen LogP contribution in [0.25, 0.3) is 0 Å². The number of rotatable bonds is 3. The summed E-state index contributed by atoms with van der Waals surface area (Å²) in [5, 5.41) is 3.56. The zero-order chi connectivity index (χ0) is 13.1. The third-order valence-electron chi connectivity index (χ3n) is 3.58. The van der Waals surface area contributed by atoms with E-state index in [1.54, 1.807) is 7.11 Å². The highest BCUT2D eigenvalue weighted by atomic mass is 16.5. The molecule has 1 N–H and O–H groups in total. The first-order valence-corrected chi connectivity index (χ1v) is 6.61. The van der Waals surface area contributed by atoms with Crippen molar-refractivity contribution in [3.05, 3.63) is 29.3 Å². The molecule has 0 aromatic heterocycles. The normalized spacial score (nSPS) is 24.3. The number of ether oxygens (including phenoxy) is 2. The molecule has 0 radical (unpaired) electrons. The van der Waals surface area contributed by atoms with Crippen molar-refractivity contribution < 1.29 is 9.47 Å². The van der Waals surface area contributed by atoms with Gasteiger partial charge in [0.05, 0.1) is 19.8 Å². The highest BCUT2D eigenvalue weighted by Crippen LogP contribution is 2.30. The molecule has 2 unspecified atom stereocenters. The molecule has 0 bridgehead atoms. The summed E-state index contributed by atoms with van der Waals surface area (Å²) in [6.07, 6.45) is 0.0925. The van der Waals surface area contributed by atoms with Crippen LogP contribution in [-0.4, -0.2) is 26.3 Å². The van der Waals surface area contributed by atoms with Gasteiger partial charge >= 0.3 is 0 Å². The minimum Gasteiger partial charge on any atom is -0.496 e. The molecule has 18 heavy (non-hydrogen) atoms. The van der Waals surface area contributed by atoms with E-state index in [0.717, 1.165) is 24.5 Å². The van der Waals surface area contributed by atoms with Crippen molar-refractivity contribution in [1.29, 1.82) is 0 Å². The lowest BCUT2D eigenvalue weighted by Gasteiger charge is -2.33. The summed E-state index contributed by atoms with van der Waals surface area (Å²) in [4.78, 5) is 0. The highest BCUT2D eigenvalue weighted by Gasteiger charge is 2.26. The lowest BCUT2D eigenvalue weighted by atomic mass is 10.00. The molecule has 100 valence electrons. The van der Waals surface area contributed by atoms with E-state index < -0.39 is 0 Å². The Bertz CT molecular complexity index is 395. The minimum absolute atomic E-state index is 0.0925. The molecule has 1 aliphatic heterocycles.